The van der Waals surface area contributed by atoms with E-state index in [2.05, 4.69) is 5.32 Å². The average molecular weight is 388 g/mol. The molecule has 2 saturated carbocycles. The molecule has 4 rings (SSSR count). The number of likely N-dealkylation sites (tertiary alicyclic amines) is 1. The third-order valence-corrected chi connectivity index (χ3v) is 6.05. The number of carbonyl (C=O) groups is 4. The number of hydrogen-bond donors (Lipinski definition) is 1. The van der Waals surface area contributed by atoms with Crippen LogP contribution in [0.5, 0.6) is 0 Å². The summed E-state index contributed by atoms with van der Waals surface area (Å²) >= 11 is 0. The van der Waals surface area contributed by atoms with Crippen LogP contribution in [0, 0.1) is 29.5 Å². The van der Waals surface area contributed by atoms with E-state index in [1.165, 1.54) is 29.2 Å². The normalized spacial score (nSPS) is 27.8. The molecule has 1 saturated heterocycles. The Morgan fingerprint density at radius 2 is 1.68 bits per heavy atom. The van der Waals surface area contributed by atoms with Crippen LogP contribution in [0.4, 0.5) is 10.1 Å². The molecule has 1 aromatic carbocycles. The average Bonchev–Trinajstić information content (AvgIpc) is 3.35. The second-order valence-corrected chi connectivity index (χ2v) is 7.68. The molecule has 7 nitrogen and oxygen atoms in total. The number of imide groups is 1. The van der Waals surface area contributed by atoms with E-state index in [0.29, 0.717) is 17.5 Å². The topological polar surface area (TPSA) is 92.8 Å². The van der Waals surface area contributed by atoms with Crippen LogP contribution in [0.15, 0.2) is 24.3 Å². The van der Waals surface area contributed by atoms with Crippen molar-refractivity contribution in [1.82, 2.24) is 4.90 Å². The molecule has 1 aromatic rings. The van der Waals surface area contributed by atoms with Gasteiger partial charge in [0.25, 0.3) is 5.91 Å². The van der Waals surface area contributed by atoms with Gasteiger partial charge in [0.1, 0.15) is 5.82 Å². The van der Waals surface area contributed by atoms with Crippen molar-refractivity contribution in [1.29, 1.82) is 0 Å². The molecule has 1 aliphatic heterocycles. The third-order valence-electron chi connectivity index (χ3n) is 6.05. The van der Waals surface area contributed by atoms with Crippen LogP contribution in [-0.4, -0.2) is 41.7 Å². The fourth-order valence-electron chi connectivity index (χ4n) is 4.84. The smallest absolute Gasteiger partial charge is 0.308 e. The van der Waals surface area contributed by atoms with E-state index in [4.69, 9.17) is 4.74 Å². The van der Waals surface area contributed by atoms with Crippen molar-refractivity contribution >= 4 is 29.4 Å². The van der Waals surface area contributed by atoms with Gasteiger partial charge >= 0.3 is 5.97 Å². The summed E-state index contributed by atoms with van der Waals surface area (Å²) in [4.78, 5) is 50.0. The molecule has 1 N–H and O–H groups in total. The summed E-state index contributed by atoms with van der Waals surface area (Å²) in [6.45, 7) is -0.504. The van der Waals surface area contributed by atoms with Gasteiger partial charge in [-0.3, -0.25) is 24.1 Å². The van der Waals surface area contributed by atoms with E-state index < -0.39 is 24.3 Å². The van der Waals surface area contributed by atoms with E-state index in [1.807, 2.05) is 0 Å². The zero-order chi connectivity index (χ0) is 19.8. The van der Waals surface area contributed by atoms with Crippen LogP contribution >= 0.6 is 0 Å². The van der Waals surface area contributed by atoms with Crippen LogP contribution < -0.4 is 5.32 Å². The van der Waals surface area contributed by atoms with Gasteiger partial charge in [0.15, 0.2) is 6.61 Å². The predicted octanol–water partition coefficient (Wildman–Crippen LogP) is 1.73. The number of nitrogens with zero attached hydrogens (tertiary/aromatic N) is 1. The number of fused-ring (bicyclic) bond motifs is 5. The highest BCUT2D eigenvalue weighted by molar-refractivity contribution is 6.06. The van der Waals surface area contributed by atoms with Crippen molar-refractivity contribution in [2.45, 2.75) is 25.7 Å². The Labute approximate surface area is 161 Å². The lowest BCUT2D eigenvalue weighted by Crippen LogP contribution is -2.35. The second kappa shape index (κ2) is 7.33. The number of esters is 1. The summed E-state index contributed by atoms with van der Waals surface area (Å²) in [5.74, 6) is -1.76. The summed E-state index contributed by atoms with van der Waals surface area (Å²) in [5.41, 5.74) is 0.386. The maximum Gasteiger partial charge on any atom is 0.308 e. The molecule has 148 valence electrons. The summed E-state index contributed by atoms with van der Waals surface area (Å²) in [6.07, 6.45) is 2.83. The molecule has 0 aromatic heterocycles. The van der Waals surface area contributed by atoms with Gasteiger partial charge in [-0.25, -0.2) is 4.39 Å². The monoisotopic (exact) mass is 388 g/mol. The molecule has 28 heavy (non-hydrogen) atoms. The van der Waals surface area contributed by atoms with Gasteiger partial charge in [-0.1, -0.05) is 0 Å². The zero-order valence-electron chi connectivity index (χ0n) is 15.2. The van der Waals surface area contributed by atoms with Crippen molar-refractivity contribution in [3.8, 4) is 0 Å². The molecule has 3 aliphatic rings. The largest absolute Gasteiger partial charge is 0.456 e. The van der Waals surface area contributed by atoms with Crippen LogP contribution in [0.2, 0.25) is 0 Å². The highest BCUT2D eigenvalue weighted by Gasteiger charge is 2.60. The molecule has 0 unspecified atom stereocenters. The van der Waals surface area contributed by atoms with Gasteiger partial charge in [0.2, 0.25) is 11.8 Å². The van der Waals surface area contributed by atoms with Crippen molar-refractivity contribution in [3.63, 3.8) is 0 Å². The second-order valence-electron chi connectivity index (χ2n) is 7.68. The Kier molecular flexibility index (Phi) is 4.87. The Hall–Kier alpha value is -2.77. The van der Waals surface area contributed by atoms with Crippen LogP contribution in [0.1, 0.15) is 25.7 Å². The summed E-state index contributed by atoms with van der Waals surface area (Å²) < 4.78 is 17.7. The first-order chi connectivity index (χ1) is 13.4. The highest BCUT2D eigenvalue weighted by atomic mass is 19.1. The maximum atomic E-state index is 12.8. The number of ether oxygens (including phenoxy) is 1. The third kappa shape index (κ3) is 3.39. The number of nitrogens with one attached hydrogen (secondary N) is 1. The first-order valence-electron chi connectivity index (χ1n) is 9.50. The van der Waals surface area contributed by atoms with E-state index in [-0.39, 0.29) is 36.6 Å². The Morgan fingerprint density at radius 1 is 1.07 bits per heavy atom. The van der Waals surface area contributed by atoms with Gasteiger partial charge in [0.05, 0.1) is 18.3 Å². The molecule has 2 aliphatic carbocycles. The lowest BCUT2D eigenvalue weighted by Gasteiger charge is -2.19. The minimum atomic E-state index is -0.658. The summed E-state index contributed by atoms with van der Waals surface area (Å²) in [5, 5.41) is 2.48. The minimum absolute atomic E-state index is 0.0114. The molecule has 0 radical (unpaired) electrons. The van der Waals surface area contributed by atoms with E-state index in [9.17, 15) is 23.6 Å². The zero-order valence-corrected chi connectivity index (χ0v) is 15.2. The molecule has 3 amide bonds. The van der Waals surface area contributed by atoms with E-state index in [1.54, 1.807) is 0 Å². The number of carbonyl (C=O) groups excluding carboxylic acids is 4. The van der Waals surface area contributed by atoms with Crippen LogP contribution in [-0.2, 0) is 23.9 Å². The molecule has 8 heteroatoms. The number of amides is 3. The van der Waals surface area contributed by atoms with Gasteiger partial charge in [0, 0.05) is 12.2 Å². The quantitative estimate of drug-likeness (QED) is 0.592. The molecule has 3 fully saturated rings. The number of rotatable bonds is 6. The van der Waals surface area contributed by atoms with Crippen molar-refractivity contribution in [2.24, 2.45) is 23.7 Å². The Bertz CT molecular complexity index is 796. The van der Waals surface area contributed by atoms with Gasteiger partial charge in [-0.05, 0) is 55.4 Å². The Morgan fingerprint density at radius 3 is 2.29 bits per heavy atom. The highest BCUT2D eigenvalue weighted by Crippen LogP contribution is 2.56. The van der Waals surface area contributed by atoms with E-state index >= 15 is 0 Å². The van der Waals surface area contributed by atoms with Crippen LogP contribution in [0.3, 0.4) is 0 Å². The SMILES string of the molecule is O=C(COC(=O)CCN1C(=O)[C@@H]2[C@H]3CC[C@@H](C3)[C@@H]2C1=O)Nc1ccc(F)cc1. The van der Waals surface area contributed by atoms with E-state index in [0.717, 1.165) is 19.3 Å². The molecular formula is C20H21FN2O5. The summed E-state index contributed by atoms with van der Waals surface area (Å²) in [7, 11) is 0. The summed E-state index contributed by atoms with van der Waals surface area (Å²) in [6, 6.07) is 5.19. The number of benzene rings is 1. The van der Waals surface area contributed by atoms with Crippen molar-refractivity contribution < 1.29 is 28.3 Å². The fourth-order valence-corrected chi connectivity index (χ4v) is 4.84. The first kappa shape index (κ1) is 18.6. The molecular weight excluding hydrogens is 367 g/mol. The number of halogens is 1. The van der Waals surface area contributed by atoms with Gasteiger partial charge in [-0.15, -0.1) is 0 Å². The number of hydrogen-bond acceptors (Lipinski definition) is 5. The Balaban J connectivity index is 1.22. The lowest BCUT2D eigenvalue weighted by atomic mass is 9.81. The molecule has 0 spiro atoms. The standard InChI is InChI=1S/C20H21FN2O5/c21-13-3-5-14(6-4-13)22-15(24)10-28-16(25)7-8-23-19(26)17-11-1-2-12(9-11)18(17)20(23)27/h3-6,11-12,17-18H,1-2,7-10H2,(H,22,24)/t11-,12-,17-,18+/m0/s1. The lowest BCUT2D eigenvalue weighted by molar-refractivity contribution is -0.149. The van der Waals surface area contributed by atoms with Crippen molar-refractivity contribution in [2.75, 3.05) is 18.5 Å². The van der Waals surface area contributed by atoms with Crippen molar-refractivity contribution in [3.05, 3.63) is 30.1 Å². The predicted molar refractivity (Wildman–Crippen MR) is 95.1 cm³/mol. The fraction of sp³-hybridized carbons (Fsp3) is 0.500. The number of anilines is 1. The van der Waals surface area contributed by atoms with Gasteiger partial charge in [-0.2, -0.15) is 0 Å². The maximum absolute atomic E-state index is 12.8. The minimum Gasteiger partial charge on any atom is -0.456 e. The molecule has 1 heterocycles. The molecule has 4 atom stereocenters. The van der Waals surface area contributed by atoms with Gasteiger partial charge < -0.3 is 10.1 Å². The first-order valence-corrected chi connectivity index (χ1v) is 9.50. The van der Waals surface area contributed by atoms with Crippen LogP contribution in [0.25, 0.3) is 0 Å². The molecule has 2 bridgehead atoms.